The van der Waals surface area contributed by atoms with Gasteiger partial charge >= 0.3 is 0 Å². The van der Waals surface area contributed by atoms with Gasteiger partial charge < -0.3 is 4.52 Å². The molecule has 1 aromatic carbocycles. The lowest BCUT2D eigenvalue weighted by molar-refractivity contribution is 0.391. The van der Waals surface area contributed by atoms with Crippen LogP contribution in [-0.2, 0) is 16.4 Å². The molecule has 17 heavy (non-hydrogen) atoms. The number of aromatic nitrogens is 1. The van der Waals surface area contributed by atoms with E-state index >= 15 is 0 Å². The molecular formula is C11H12N2O3S. The molecule has 90 valence electrons. The number of nitrogens with zero attached hydrogens (tertiary/aromatic N) is 1. The van der Waals surface area contributed by atoms with E-state index in [9.17, 15) is 8.42 Å². The first-order valence-electron chi connectivity index (χ1n) is 4.99. The lowest BCUT2D eigenvalue weighted by Crippen LogP contribution is -2.11. The minimum Gasteiger partial charge on any atom is -0.361 e. The van der Waals surface area contributed by atoms with Crippen LogP contribution in [0.25, 0.3) is 0 Å². The van der Waals surface area contributed by atoms with Crippen LogP contribution in [0.2, 0.25) is 0 Å². The zero-order valence-electron chi connectivity index (χ0n) is 9.25. The fraction of sp³-hybridized carbons (Fsp3) is 0.182. The third-order valence-corrected chi connectivity index (χ3v) is 3.24. The maximum atomic E-state index is 11.1. The Labute approximate surface area is 99.3 Å². The summed E-state index contributed by atoms with van der Waals surface area (Å²) in [6.07, 6.45) is 0.599. The van der Waals surface area contributed by atoms with Crippen molar-refractivity contribution < 1.29 is 12.9 Å². The van der Waals surface area contributed by atoms with Crippen molar-refractivity contribution in [1.82, 2.24) is 5.16 Å². The lowest BCUT2D eigenvalue weighted by Gasteiger charge is -2.00. The molecule has 0 aliphatic rings. The number of aryl methyl sites for hydroxylation is 1. The van der Waals surface area contributed by atoms with E-state index in [2.05, 4.69) is 5.16 Å². The minimum atomic E-state index is -3.62. The van der Waals surface area contributed by atoms with Crippen LogP contribution in [0, 0.1) is 6.92 Å². The van der Waals surface area contributed by atoms with Crippen LogP contribution >= 0.6 is 0 Å². The van der Waals surface area contributed by atoms with Crippen LogP contribution in [0.1, 0.15) is 17.0 Å². The molecule has 2 aromatic rings. The van der Waals surface area contributed by atoms with Crippen molar-refractivity contribution in [1.29, 1.82) is 0 Å². The smallest absolute Gasteiger partial charge is 0.238 e. The molecular weight excluding hydrogens is 240 g/mol. The largest absolute Gasteiger partial charge is 0.361 e. The predicted octanol–water partition coefficient (Wildman–Crippen LogP) is 1.22. The van der Waals surface area contributed by atoms with Gasteiger partial charge in [0, 0.05) is 12.5 Å². The standard InChI is InChI=1S/C11H12N2O3S/c1-8-6-10(13-16-8)7-9-2-4-11(5-3-9)17(12,14)15/h2-6H,7H2,1H3,(H2,12,14,15). The normalized spacial score (nSPS) is 11.6. The first-order valence-corrected chi connectivity index (χ1v) is 6.54. The quantitative estimate of drug-likeness (QED) is 0.889. The Morgan fingerprint density at radius 1 is 1.29 bits per heavy atom. The van der Waals surface area contributed by atoms with Crippen LogP contribution in [-0.4, -0.2) is 13.6 Å². The van der Waals surface area contributed by atoms with Crippen LogP contribution in [0.4, 0.5) is 0 Å². The Balaban J connectivity index is 2.19. The van der Waals surface area contributed by atoms with Gasteiger partial charge in [-0.2, -0.15) is 0 Å². The fourth-order valence-electron chi connectivity index (χ4n) is 1.51. The van der Waals surface area contributed by atoms with Crippen molar-refractivity contribution in [2.24, 2.45) is 5.14 Å². The Morgan fingerprint density at radius 3 is 2.41 bits per heavy atom. The molecule has 6 heteroatoms. The van der Waals surface area contributed by atoms with E-state index in [1.807, 2.05) is 13.0 Å². The first-order chi connectivity index (χ1) is 7.95. The van der Waals surface area contributed by atoms with Gasteiger partial charge in [0.05, 0.1) is 10.6 Å². The maximum absolute atomic E-state index is 11.1. The molecule has 0 fully saturated rings. The number of sulfonamides is 1. The maximum Gasteiger partial charge on any atom is 0.238 e. The third kappa shape index (κ3) is 2.92. The van der Waals surface area contributed by atoms with E-state index in [0.717, 1.165) is 17.0 Å². The predicted molar refractivity (Wildman–Crippen MR) is 61.9 cm³/mol. The number of benzene rings is 1. The molecule has 2 rings (SSSR count). The van der Waals surface area contributed by atoms with Crippen LogP contribution in [0.5, 0.6) is 0 Å². The van der Waals surface area contributed by atoms with E-state index in [0.29, 0.717) is 6.42 Å². The summed E-state index contributed by atoms with van der Waals surface area (Å²) < 4.78 is 27.1. The molecule has 0 aliphatic carbocycles. The van der Waals surface area contributed by atoms with Crippen LogP contribution < -0.4 is 5.14 Å². The Morgan fingerprint density at radius 2 is 1.94 bits per heavy atom. The lowest BCUT2D eigenvalue weighted by atomic mass is 10.1. The SMILES string of the molecule is Cc1cc(Cc2ccc(S(N)(=O)=O)cc2)no1. The van der Waals surface area contributed by atoms with E-state index in [4.69, 9.17) is 9.66 Å². The van der Waals surface area contributed by atoms with E-state index < -0.39 is 10.0 Å². The van der Waals surface area contributed by atoms with E-state index in [1.54, 1.807) is 12.1 Å². The van der Waals surface area contributed by atoms with Crippen molar-refractivity contribution in [2.75, 3.05) is 0 Å². The summed E-state index contributed by atoms with van der Waals surface area (Å²) in [7, 11) is -3.62. The van der Waals surface area contributed by atoms with Gasteiger partial charge in [-0.25, -0.2) is 13.6 Å². The van der Waals surface area contributed by atoms with Gasteiger partial charge in [0.25, 0.3) is 0 Å². The number of nitrogens with two attached hydrogens (primary N) is 1. The van der Waals surface area contributed by atoms with Crippen molar-refractivity contribution in [3.8, 4) is 0 Å². The highest BCUT2D eigenvalue weighted by atomic mass is 32.2. The molecule has 0 bridgehead atoms. The summed E-state index contributed by atoms with van der Waals surface area (Å²) in [4.78, 5) is 0.109. The van der Waals surface area contributed by atoms with Crippen molar-refractivity contribution in [3.05, 3.63) is 47.3 Å². The third-order valence-electron chi connectivity index (χ3n) is 2.31. The Kier molecular flexibility index (Phi) is 2.99. The highest BCUT2D eigenvalue weighted by Crippen LogP contribution is 2.13. The van der Waals surface area contributed by atoms with Crippen LogP contribution in [0.3, 0.4) is 0 Å². The van der Waals surface area contributed by atoms with Crippen molar-refractivity contribution in [2.45, 2.75) is 18.2 Å². The molecule has 0 spiro atoms. The van der Waals surface area contributed by atoms with Crippen molar-refractivity contribution >= 4 is 10.0 Å². The van der Waals surface area contributed by atoms with Gasteiger partial charge in [-0.05, 0) is 24.6 Å². The molecule has 0 atom stereocenters. The Bertz CT molecular complexity index is 614. The molecule has 0 unspecified atom stereocenters. The summed E-state index contributed by atoms with van der Waals surface area (Å²) in [6, 6.07) is 8.23. The number of hydrogen-bond donors (Lipinski definition) is 1. The summed E-state index contributed by atoms with van der Waals surface area (Å²) in [5, 5.41) is 8.87. The monoisotopic (exact) mass is 252 g/mol. The van der Waals surface area contributed by atoms with Gasteiger partial charge in [0.15, 0.2) is 0 Å². The molecule has 0 radical (unpaired) electrons. The second-order valence-corrected chi connectivity index (χ2v) is 5.36. The zero-order valence-corrected chi connectivity index (χ0v) is 10.1. The summed E-state index contributed by atoms with van der Waals surface area (Å²) in [5.41, 5.74) is 1.76. The summed E-state index contributed by atoms with van der Waals surface area (Å²) in [6.45, 7) is 1.82. The van der Waals surface area contributed by atoms with Gasteiger partial charge in [0.2, 0.25) is 10.0 Å². The topological polar surface area (TPSA) is 86.2 Å². The summed E-state index contributed by atoms with van der Waals surface area (Å²) in [5.74, 6) is 0.751. The highest BCUT2D eigenvalue weighted by Gasteiger charge is 2.07. The number of hydrogen-bond acceptors (Lipinski definition) is 4. The van der Waals surface area contributed by atoms with E-state index in [1.165, 1.54) is 12.1 Å². The van der Waals surface area contributed by atoms with Gasteiger partial charge in [-0.15, -0.1) is 0 Å². The molecule has 0 saturated carbocycles. The molecule has 2 N–H and O–H groups in total. The number of primary sulfonamides is 1. The second kappa shape index (κ2) is 4.31. The first kappa shape index (κ1) is 11.8. The van der Waals surface area contributed by atoms with Crippen molar-refractivity contribution in [3.63, 3.8) is 0 Å². The zero-order chi connectivity index (χ0) is 12.5. The molecule has 1 heterocycles. The average Bonchev–Trinajstić information content (AvgIpc) is 2.63. The van der Waals surface area contributed by atoms with Gasteiger partial charge in [-0.3, -0.25) is 0 Å². The van der Waals surface area contributed by atoms with E-state index in [-0.39, 0.29) is 4.90 Å². The molecule has 5 nitrogen and oxygen atoms in total. The summed E-state index contributed by atoms with van der Waals surface area (Å²) >= 11 is 0. The molecule has 0 aliphatic heterocycles. The highest BCUT2D eigenvalue weighted by molar-refractivity contribution is 7.89. The number of rotatable bonds is 3. The fourth-order valence-corrected chi connectivity index (χ4v) is 2.02. The minimum absolute atomic E-state index is 0.109. The Hall–Kier alpha value is -1.66. The second-order valence-electron chi connectivity index (χ2n) is 3.79. The van der Waals surface area contributed by atoms with Gasteiger partial charge in [0.1, 0.15) is 5.76 Å². The average molecular weight is 252 g/mol. The molecule has 0 saturated heterocycles. The van der Waals surface area contributed by atoms with Gasteiger partial charge in [-0.1, -0.05) is 17.3 Å². The molecule has 0 amide bonds. The molecule has 1 aromatic heterocycles. The van der Waals surface area contributed by atoms with Crippen LogP contribution in [0.15, 0.2) is 39.8 Å².